The zero-order chi connectivity index (χ0) is 18.4. The minimum atomic E-state index is 0.760. The van der Waals surface area contributed by atoms with Crippen molar-refractivity contribution in [2.45, 2.75) is 0 Å². The molecular formula is C24H16ClNS. The molecule has 0 saturated carbocycles. The molecule has 0 atom stereocenters. The second-order valence-electron chi connectivity index (χ2n) is 6.53. The molecule has 0 aliphatic carbocycles. The fourth-order valence-corrected chi connectivity index (χ4v) is 5.30. The normalized spacial score (nSPS) is 11.3. The maximum Gasteiger partial charge on any atom is 0.0499 e. The van der Waals surface area contributed by atoms with Gasteiger partial charge in [0.1, 0.15) is 0 Å². The van der Waals surface area contributed by atoms with Gasteiger partial charge in [-0.15, -0.1) is 11.3 Å². The fourth-order valence-electron chi connectivity index (χ4n) is 3.69. The van der Waals surface area contributed by atoms with E-state index in [0.717, 1.165) is 37.7 Å². The first-order chi connectivity index (χ1) is 13.2. The van der Waals surface area contributed by atoms with Crippen LogP contribution < -0.4 is 5.73 Å². The third-order valence-corrected chi connectivity index (χ3v) is 6.43. The van der Waals surface area contributed by atoms with Crippen molar-refractivity contribution in [1.29, 1.82) is 0 Å². The molecule has 0 amide bonds. The number of fused-ring (bicyclic) bond motifs is 2. The third kappa shape index (κ3) is 2.61. The molecule has 0 fully saturated rings. The van der Waals surface area contributed by atoms with Crippen LogP contribution in [0, 0.1) is 0 Å². The predicted molar refractivity (Wildman–Crippen MR) is 120 cm³/mol. The number of benzene rings is 4. The van der Waals surface area contributed by atoms with Gasteiger partial charge in [0.25, 0.3) is 0 Å². The van der Waals surface area contributed by atoms with E-state index in [-0.39, 0.29) is 0 Å². The lowest BCUT2D eigenvalue weighted by atomic mass is 9.95. The molecule has 27 heavy (non-hydrogen) atoms. The van der Waals surface area contributed by atoms with Crippen LogP contribution in [0.1, 0.15) is 0 Å². The first-order valence-corrected chi connectivity index (χ1v) is 9.97. The molecular weight excluding hydrogens is 370 g/mol. The first kappa shape index (κ1) is 16.4. The van der Waals surface area contributed by atoms with E-state index in [1.807, 2.05) is 24.3 Å². The highest BCUT2D eigenvalue weighted by atomic mass is 35.5. The summed E-state index contributed by atoms with van der Waals surface area (Å²) in [6.07, 6.45) is 0. The van der Waals surface area contributed by atoms with Gasteiger partial charge in [-0.25, -0.2) is 0 Å². The van der Waals surface area contributed by atoms with Crippen molar-refractivity contribution in [3.63, 3.8) is 0 Å². The number of hydrogen-bond acceptors (Lipinski definition) is 2. The number of nitrogen functional groups attached to an aromatic ring is 1. The molecule has 0 bridgehead atoms. The SMILES string of the molecule is Nc1ccccc1-c1c(-c2c(Cl)ccc3ccccc23)sc2ccccc12. The zero-order valence-electron chi connectivity index (χ0n) is 14.4. The van der Waals surface area contributed by atoms with E-state index in [0.29, 0.717) is 0 Å². The topological polar surface area (TPSA) is 26.0 Å². The molecule has 0 saturated heterocycles. The highest BCUT2D eigenvalue weighted by Gasteiger charge is 2.20. The summed E-state index contributed by atoms with van der Waals surface area (Å²) in [7, 11) is 0. The Balaban J connectivity index is 1.95. The van der Waals surface area contributed by atoms with Crippen LogP contribution in [0.3, 0.4) is 0 Å². The fraction of sp³-hybridized carbons (Fsp3) is 0. The maximum atomic E-state index is 6.74. The number of rotatable bonds is 2. The van der Waals surface area contributed by atoms with E-state index in [1.165, 1.54) is 15.5 Å². The summed E-state index contributed by atoms with van der Waals surface area (Å²) in [6, 6.07) is 29.0. The first-order valence-electron chi connectivity index (χ1n) is 8.78. The van der Waals surface area contributed by atoms with Crippen LogP contribution in [0.5, 0.6) is 0 Å². The number of anilines is 1. The molecule has 2 N–H and O–H groups in total. The average molecular weight is 386 g/mol. The van der Waals surface area contributed by atoms with Crippen molar-refractivity contribution in [3.8, 4) is 21.6 Å². The summed E-state index contributed by atoms with van der Waals surface area (Å²) in [6.45, 7) is 0. The van der Waals surface area contributed by atoms with E-state index < -0.39 is 0 Å². The van der Waals surface area contributed by atoms with Crippen LogP contribution in [0.4, 0.5) is 5.69 Å². The molecule has 1 heterocycles. The van der Waals surface area contributed by atoms with E-state index in [1.54, 1.807) is 11.3 Å². The molecule has 0 aliphatic heterocycles. The zero-order valence-corrected chi connectivity index (χ0v) is 16.0. The Kier molecular flexibility index (Phi) is 3.89. The number of nitrogens with two attached hydrogens (primary N) is 1. The van der Waals surface area contributed by atoms with Gasteiger partial charge in [-0.3, -0.25) is 0 Å². The van der Waals surface area contributed by atoms with Gasteiger partial charge in [-0.1, -0.05) is 78.3 Å². The molecule has 0 radical (unpaired) electrons. The molecule has 3 heteroatoms. The molecule has 1 aromatic heterocycles. The molecule has 0 aliphatic rings. The van der Waals surface area contributed by atoms with Crippen molar-refractivity contribution in [1.82, 2.24) is 0 Å². The van der Waals surface area contributed by atoms with Crippen LogP contribution in [0.15, 0.2) is 84.9 Å². The Morgan fingerprint density at radius 3 is 2.22 bits per heavy atom. The average Bonchev–Trinajstić information content (AvgIpc) is 3.07. The Labute approximate surface area is 166 Å². The van der Waals surface area contributed by atoms with Gasteiger partial charge < -0.3 is 5.73 Å². The van der Waals surface area contributed by atoms with Gasteiger partial charge in [0.2, 0.25) is 0 Å². The van der Waals surface area contributed by atoms with Gasteiger partial charge in [0, 0.05) is 42.4 Å². The molecule has 1 nitrogen and oxygen atoms in total. The lowest BCUT2D eigenvalue weighted by Gasteiger charge is -2.12. The van der Waals surface area contributed by atoms with Gasteiger partial charge in [0.05, 0.1) is 0 Å². The Morgan fingerprint density at radius 1 is 0.667 bits per heavy atom. The summed E-state index contributed by atoms with van der Waals surface area (Å²) in [5.74, 6) is 0. The van der Waals surface area contributed by atoms with E-state index in [4.69, 9.17) is 17.3 Å². The number of para-hydroxylation sites is 1. The molecule has 130 valence electrons. The van der Waals surface area contributed by atoms with Crippen LogP contribution in [0.2, 0.25) is 5.02 Å². The predicted octanol–water partition coefficient (Wildman–Crippen LogP) is 7.62. The number of halogens is 1. The van der Waals surface area contributed by atoms with E-state index >= 15 is 0 Å². The minimum Gasteiger partial charge on any atom is -0.398 e. The third-order valence-electron chi connectivity index (χ3n) is 4.93. The van der Waals surface area contributed by atoms with Crippen molar-refractivity contribution >= 4 is 49.5 Å². The number of thiophene rings is 1. The largest absolute Gasteiger partial charge is 0.398 e. The highest BCUT2D eigenvalue weighted by molar-refractivity contribution is 7.23. The lowest BCUT2D eigenvalue weighted by Crippen LogP contribution is -1.90. The Bertz CT molecular complexity index is 1300. The Morgan fingerprint density at radius 2 is 1.37 bits per heavy atom. The summed E-state index contributed by atoms with van der Waals surface area (Å²) < 4.78 is 1.23. The van der Waals surface area contributed by atoms with Crippen LogP contribution in [-0.4, -0.2) is 0 Å². The van der Waals surface area contributed by atoms with Crippen molar-refractivity contribution in [3.05, 3.63) is 90.0 Å². The summed E-state index contributed by atoms with van der Waals surface area (Å²) in [5, 5.41) is 4.31. The van der Waals surface area contributed by atoms with Gasteiger partial charge in [-0.2, -0.15) is 0 Å². The lowest BCUT2D eigenvalue weighted by molar-refractivity contribution is 1.66. The van der Waals surface area contributed by atoms with Crippen LogP contribution in [0.25, 0.3) is 42.4 Å². The van der Waals surface area contributed by atoms with Crippen LogP contribution >= 0.6 is 22.9 Å². The van der Waals surface area contributed by atoms with Gasteiger partial charge in [-0.05, 0) is 29.0 Å². The number of hydrogen-bond donors (Lipinski definition) is 1. The Hall–Kier alpha value is -2.81. The summed E-state index contributed by atoms with van der Waals surface area (Å²) >= 11 is 8.51. The van der Waals surface area contributed by atoms with Gasteiger partial charge in [0.15, 0.2) is 0 Å². The standard InChI is InChI=1S/C24H16ClNS/c25-19-14-13-15-7-1-2-8-16(15)23(19)24-22(17-9-3-5-11-20(17)26)18-10-4-6-12-21(18)27-24/h1-14H,26H2. The minimum absolute atomic E-state index is 0.760. The smallest absolute Gasteiger partial charge is 0.0499 e. The molecule has 4 aromatic carbocycles. The highest BCUT2D eigenvalue weighted by Crippen LogP contribution is 2.49. The summed E-state index contributed by atoms with van der Waals surface area (Å²) in [4.78, 5) is 1.16. The molecule has 5 aromatic rings. The molecule has 5 rings (SSSR count). The molecule has 0 spiro atoms. The summed E-state index contributed by atoms with van der Waals surface area (Å²) in [5.41, 5.74) is 10.4. The van der Waals surface area contributed by atoms with Gasteiger partial charge >= 0.3 is 0 Å². The van der Waals surface area contributed by atoms with Crippen molar-refractivity contribution < 1.29 is 0 Å². The second kappa shape index (κ2) is 6.41. The van der Waals surface area contributed by atoms with Crippen molar-refractivity contribution in [2.24, 2.45) is 0 Å². The second-order valence-corrected chi connectivity index (χ2v) is 7.99. The molecule has 0 unspecified atom stereocenters. The van der Waals surface area contributed by atoms with Crippen LogP contribution in [-0.2, 0) is 0 Å². The van der Waals surface area contributed by atoms with E-state index in [9.17, 15) is 0 Å². The maximum absolute atomic E-state index is 6.74. The quantitative estimate of drug-likeness (QED) is 0.310. The van der Waals surface area contributed by atoms with Crippen molar-refractivity contribution in [2.75, 3.05) is 5.73 Å². The van der Waals surface area contributed by atoms with E-state index in [2.05, 4.69) is 60.7 Å². The monoisotopic (exact) mass is 385 g/mol.